The molecule has 1 saturated heterocycles. The van der Waals surface area contributed by atoms with Gasteiger partial charge in [0.2, 0.25) is 0 Å². The molecule has 0 radical (unpaired) electrons. The highest BCUT2D eigenvalue weighted by molar-refractivity contribution is 7.48. The Balaban J connectivity index is 2.75. The normalized spacial score (nSPS) is 19.7. The van der Waals surface area contributed by atoms with E-state index in [2.05, 4.69) is 5.32 Å². The molecule has 1 aliphatic heterocycles. The number of hydrogen-bond acceptors (Lipinski definition) is 5. The lowest BCUT2D eigenvalue weighted by Crippen LogP contribution is -2.33. The molecule has 1 heterocycles. The van der Waals surface area contributed by atoms with Gasteiger partial charge < -0.3 is 5.32 Å². The Bertz CT molecular complexity index is 307. The standard InChI is InChI=1S/C13H28NO4P/c1-12(2,3)17-19(15,18-13(4,5)6)16-11-7-9-14-10-8-11/h11,14H,7-10H2,1-6H3. The molecule has 0 aliphatic carbocycles. The van der Waals surface area contributed by atoms with E-state index in [1.807, 2.05) is 41.5 Å². The fourth-order valence-electron chi connectivity index (χ4n) is 1.82. The summed E-state index contributed by atoms with van der Waals surface area (Å²) in [6, 6.07) is 0. The van der Waals surface area contributed by atoms with Crippen molar-refractivity contribution in [1.29, 1.82) is 0 Å². The second kappa shape index (κ2) is 6.23. The van der Waals surface area contributed by atoms with Crippen LogP contribution in [0.1, 0.15) is 54.4 Å². The minimum Gasteiger partial charge on any atom is -0.317 e. The first kappa shape index (κ1) is 17.1. The summed E-state index contributed by atoms with van der Waals surface area (Å²) >= 11 is 0. The van der Waals surface area contributed by atoms with Crippen LogP contribution in [0.3, 0.4) is 0 Å². The molecule has 1 fully saturated rings. The van der Waals surface area contributed by atoms with Crippen LogP contribution in [0.5, 0.6) is 0 Å². The van der Waals surface area contributed by atoms with Crippen molar-refractivity contribution in [2.24, 2.45) is 0 Å². The van der Waals surface area contributed by atoms with Crippen LogP contribution in [0.25, 0.3) is 0 Å². The fraction of sp³-hybridized carbons (Fsp3) is 1.00. The predicted octanol–water partition coefficient (Wildman–Crippen LogP) is 3.49. The topological polar surface area (TPSA) is 56.8 Å². The van der Waals surface area contributed by atoms with Crippen molar-refractivity contribution in [3.05, 3.63) is 0 Å². The van der Waals surface area contributed by atoms with Gasteiger partial charge >= 0.3 is 7.82 Å². The number of rotatable bonds is 4. The van der Waals surface area contributed by atoms with Crippen LogP contribution in [-0.2, 0) is 18.1 Å². The molecule has 0 spiro atoms. The minimum atomic E-state index is -3.56. The van der Waals surface area contributed by atoms with Gasteiger partial charge in [0, 0.05) is 0 Å². The first-order chi connectivity index (χ1) is 8.49. The van der Waals surface area contributed by atoms with Crippen molar-refractivity contribution in [2.45, 2.75) is 71.7 Å². The number of phosphoric acid groups is 1. The van der Waals surface area contributed by atoms with Gasteiger partial charge in [-0.1, -0.05) is 0 Å². The monoisotopic (exact) mass is 293 g/mol. The second-order valence-electron chi connectivity index (χ2n) is 6.91. The molecule has 0 amide bonds. The highest BCUT2D eigenvalue weighted by Crippen LogP contribution is 2.56. The molecular formula is C13H28NO4P. The number of phosphoric ester groups is 1. The van der Waals surface area contributed by atoms with Gasteiger partial charge in [-0.3, -0.25) is 13.6 Å². The molecule has 6 heteroatoms. The van der Waals surface area contributed by atoms with E-state index in [0.717, 1.165) is 25.9 Å². The summed E-state index contributed by atoms with van der Waals surface area (Å²) in [7, 11) is -3.56. The van der Waals surface area contributed by atoms with Gasteiger partial charge in [0.05, 0.1) is 17.3 Å². The summed E-state index contributed by atoms with van der Waals surface area (Å²) in [5.74, 6) is 0. The molecule has 0 aromatic heterocycles. The first-order valence-electron chi connectivity index (χ1n) is 6.90. The minimum absolute atomic E-state index is 0.0724. The van der Waals surface area contributed by atoms with Crippen LogP contribution < -0.4 is 5.32 Å². The van der Waals surface area contributed by atoms with Crippen molar-refractivity contribution >= 4 is 7.82 Å². The van der Waals surface area contributed by atoms with E-state index in [1.54, 1.807) is 0 Å². The molecule has 0 bridgehead atoms. The zero-order valence-corrected chi connectivity index (χ0v) is 13.9. The Morgan fingerprint density at radius 1 is 0.947 bits per heavy atom. The van der Waals surface area contributed by atoms with E-state index in [9.17, 15) is 4.57 Å². The van der Waals surface area contributed by atoms with E-state index in [-0.39, 0.29) is 6.10 Å². The Kier molecular flexibility index (Phi) is 5.61. The summed E-state index contributed by atoms with van der Waals surface area (Å²) in [4.78, 5) is 0. The van der Waals surface area contributed by atoms with Crippen LogP contribution >= 0.6 is 7.82 Å². The maximum Gasteiger partial charge on any atom is 0.476 e. The Morgan fingerprint density at radius 3 is 1.74 bits per heavy atom. The number of piperidine rings is 1. The molecule has 0 saturated carbocycles. The van der Waals surface area contributed by atoms with Crippen LogP contribution in [0.4, 0.5) is 0 Å². The first-order valence-corrected chi connectivity index (χ1v) is 8.36. The largest absolute Gasteiger partial charge is 0.476 e. The lowest BCUT2D eigenvalue weighted by atomic mass is 10.1. The Morgan fingerprint density at radius 2 is 1.37 bits per heavy atom. The van der Waals surface area contributed by atoms with E-state index in [1.165, 1.54) is 0 Å². The quantitative estimate of drug-likeness (QED) is 0.804. The summed E-state index contributed by atoms with van der Waals surface area (Å²) in [6.45, 7) is 12.8. The maximum atomic E-state index is 12.8. The summed E-state index contributed by atoms with van der Waals surface area (Å²) in [5, 5.41) is 3.25. The van der Waals surface area contributed by atoms with Gasteiger partial charge in [-0.05, 0) is 67.5 Å². The van der Waals surface area contributed by atoms with Gasteiger partial charge in [0.1, 0.15) is 0 Å². The van der Waals surface area contributed by atoms with Crippen LogP contribution in [0, 0.1) is 0 Å². The van der Waals surface area contributed by atoms with Crippen molar-refractivity contribution in [2.75, 3.05) is 13.1 Å². The highest BCUT2D eigenvalue weighted by atomic mass is 31.2. The molecule has 0 unspecified atom stereocenters. The van der Waals surface area contributed by atoms with Gasteiger partial charge in [-0.2, -0.15) is 0 Å². The molecule has 5 nitrogen and oxygen atoms in total. The van der Waals surface area contributed by atoms with Gasteiger partial charge in [0.15, 0.2) is 0 Å². The molecule has 114 valence electrons. The number of nitrogens with one attached hydrogen (secondary N) is 1. The molecular weight excluding hydrogens is 265 g/mol. The van der Waals surface area contributed by atoms with Crippen molar-refractivity contribution in [1.82, 2.24) is 5.32 Å². The van der Waals surface area contributed by atoms with Crippen molar-refractivity contribution < 1.29 is 18.1 Å². The summed E-state index contributed by atoms with van der Waals surface area (Å²) in [6.07, 6.45) is 1.58. The third-order valence-electron chi connectivity index (χ3n) is 2.34. The smallest absolute Gasteiger partial charge is 0.317 e. The maximum absolute atomic E-state index is 12.8. The average molecular weight is 293 g/mol. The molecule has 0 aromatic rings. The van der Waals surface area contributed by atoms with Crippen LogP contribution in [0.15, 0.2) is 0 Å². The second-order valence-corrected chi connectivity index (χ2v) is 8.38. The molecule has 0 aromatic carbocycles. The zero-order chi connectivity index (χ0) is 14.7. The van der Waals surface area contributed by atoms with Gasteiger partial charge in [-0.15, -0.1) is 0 Å². The Hall–Kier alpha value is 0.0700. The van der Waals surface area contributed by atoms with Gasteiger partial charge in [0.25, 0.3) is 0 Å². The van der Waals surface area contributed by atoms with Crippen molar-refractivity contribution in [3.63, 3.8) is 0 Å². The molecule has 19 heavy (non-hydrogen) atoms. The molecule has 0 atom stereocenters. The number of hydrogen-bond donors (Lipinski definition) is 1. The average Bonchev–Trinajstić information content (AvgIpc) is 2.11. The molecule has 1 N–H and O–H groups in total. The van der Waals surface area contributed by atoms with Gasteiger partial charge in [-0.25, -0.2) is 4.57 Å². The van der Waals surface area contributed by atoms with E-state index >= 15 is 0 Å². The zero-order valence-electron chi connectivity index (χ0n) is 13.0. The van der Waals surface area contributed by atoms with Crippen molar-refractivity contribution in [3.8, 4) is 0 Å². The van der Waals surface area contributed by atoms with Crippen LogP contribution in [0.2, 0.25) is 0 Å². The SMILES string of the molecule is CC(C)(C)OP(=O)(OC1CCNCC1)OC(C)(C)C. The van der Waals surface area contributed by atoms with Crippen LogP contribution in [-0.4, -0.2) is 30.4 Å². The predicted molar refractivity (Wildman–Crippen MR) is 76.3 cm³/mol. The summed E-state index contributed by atoms with van der Waals surface area (Å²) < 4.78 is 29.7. The van der Waals surface area contributed by atoms with E-state index in [4.69, 9.17) is 13.6 Å². The lowest BCUT2D eigenvalue weighted by molar-refractivity contribution is -0.0152. The molecule has 1 rings (SSSR count). The Labute approximate surface area is 117 Å². The highest BCUT2D eigenvalue weighted by Gasteiger charge is 2.39. The lowest BCUT2D eigenvalue weighted by Gasteiger charge is -2.34. The fourth-order valence-corrected chi connectivity index (χ4v) is 3.86. The third-order valence-corrected chi connectivity index (χ3v) is 4.43. The summed E-state index contributed by atoms with van der Waals surface area (Å²) in [5.41, 5.74) is -1.15. The van der Waals surface area contributed by atoms with E-state index < -0.39 is 19.0 Å². The third kappa shape index (κ3) is 7.42. The van der Waals surface area contributed by atoms with E-state index in [0.29, 0.717) is 0 Å². The molecule has 1 aliphatic rings.